The van der Waals surface area contributed by atoms with Crippen LogP contribution in [-0.2, 0) is 4.79 Å². The number of aliphatic carboxylic acids is 1. The second-order valence-corrected chi connectivity index (χ2v) is 5.20. The van der Waals surface area contributed by atoms with Crippen molar-refractivity contribution in [1.29, 1.82) is 0 Å². The quantitative estimate of drug-likeness (QED) is 0.674. The minimum atomic E-state index is -0.805. The first-order chi connectivity index (χ1) is 9.90. The summed E-state index contributed by atoms with van der Waals surface area (Å²) in [7, 11) is 3.90. The Balaban J connectivity index is 2.29. The van der Waals surface area contributed by atoms with E-state index >= 15 is 0 Å². The van der Waals surface area contributed by atoms with Gasteiger partial charge in [-0.15, -0.1) is 0 Å². The Labute approximate surface area is 125 Å². The van der Waals surface area contributed by atoms with Gasteiger partial charge in [-0.1, -0.05) is 6.92 Å². The number of amides is 2. The van der Waals surface area contributed by atoms with Gasteiger partial charge in [0.1, 0.15) is 0 Å². The molecule has 0 fully saturated rings. The van der Waals surface area contributed by atoms with Crippen molar-refractivity contribution in [3.05, 3.63) is 24.3 Å². The highest BCUT2D eigenvalue weighted by Gasteiger charge is 2.10. The first kappa shape index (κ1) is 16.8. The standard InChI is InChI=1S/C15H23N3O3/c1-11(14(19)20)5-4-10-16-15(21)17-12-6-8-13(9-7-12)18(2)3/h6-9,11H,4-5,10H2,1-3H3,(H,19,20)(H2,16,17,21). The zero-order valence-corrected chi connectivity index (χ0v) is 12.7. The maximum atomic E-state index is 11.7. The van der Waals surface area contributed by atoms with Crippen molar-refractivity contribution in [1.82, 2.24) is 5.32 Å². The fraction of sp³-hybridized carbons (Fsp3) is 0.467. The van der Waals surface area contributed by atoms with Gasteiger partial charge in [-0.05, 0) is 37.1 Å². The number of hydrogen-bond acceptors (Lipinski definition) is 3. The van der Waals surface area contributed by atoms with Gasteiger partial charge in [0.15, 0.2) is 0 Å². The third kappa shape index (κ3) is 6.16. The van der Waals surface area contributed by atoms with Crippen LogP contribution in [0.4, 0.5) is 16.2 Å². The highest BCUT2D eigenvalue weighted by Crippen LogP contribution is 2.15. The summed E-state index contributed by atoms with van der Waals surface area (Å²) in [6.45, 7) is 2.12. The van der Waals surface area contributed by atoms with Crippen molar-refractivity contribution in [2.45, 2.75) is 19.8 Å². The van der Waals surface area contributed by atoms with E-state index in [1.165, 1.54) is 0 Å². The Hall–Kier alpha value is -2.24. The second kappa shape index (κ2) is 8.14. The summed E-state index contributed by atoms with van der Waals surface area (Å²) in [6.07, 6.45) is 1.19. The minimum Gasteiger partial charge on any atom is -0.481 e. The molecule has 0 aliphatic carbocycles. The molecule has 0 saturated heterocycles. The normalized spacial score (nSPS) is 11.6. The van der Waals surface area contributed by atoms with Crippen LogP contribution in [0.1, 0.15) is 19.8 Å². The number of carbonyl (C=O) groups is 2. The van der Waals surface area contributed by atoms with E-state index in [2.05, 4.69) is 10.6 Å². The summed E-state index contributed by atoms with van der Waals surface area (Å²) < 4.78 is 0. The number of nitrogens with zero attached hydrogens (tertiary/aromatic N) is 1. The Morgan fingerprint density at radius 3 is 2.38 bits per heavy atom. The molecule has 0 bridgehead atoms. The van der Waals surface area contributed by atoms with Gasteiger partial charge in [-0.3, -0.25) is 4.79 Å². The lowest BCUT2D eigenvalue weighted by molar-refractivity contribution is -0.141. The lowest BCUT2D eigenvalue weighted by Crippen LogP contribution is -2.29. The smallest absolute Gasteiger partial charge is 0.319 e. The minimum absolute atomic E-state index is 0.282. The van der Waals surface area contributed by atoms with Gasteiger partial charge in [-0.25, -0.2) is 4.79 Å². The summed E-state index contributed by atoms with van der Waals surface area (Å²) in [5.41, 5.74) is 1.78. The van der Waals surface area contributed by atoms with Crippen molar-refractivity contribution in [3.8, 4) is 0 Å². The Bertz CT molecular complexity index is 472. The molecule has 0 aromatic heterocycles. The molecule has 0 radical (unpaired) electrons. The van der Waals surface area contributed by atoms with E-state index in [-0.39, 0.29) is 11.9 Å². The predicted octanol–water partition coefficient (Wildman–Crippen LogP) is 2.38. The number of carbonyl (C=O) groups excluding carboxylic acids is 1. The molecular formula is C15H23N3O3. The van der Waals surface area contributed by atoms with Crippen LogP contribution < -0.4 is 15.5 Å². The van der Waals surface area contributed by atoms with E-state index in [1.807, 2.05) is 43.3 Å². The average molecular weight is 293 g/mol. The zero-order chi connectivity index (χ0) is 15.8. The third-order valence-electron chi connectivity index (χ3n) is 3.16. The van der Waals surface area contributed by atoms with Gasteiger partial charge < -0.3 is 20.6 Å². The Morgan fingerprint density at radius 1 is 1.24 bits per heavy atom. The topological polar surface area (TPSA) is 81.7 Å². The maximum absolute atomic E-state index is 11.7. The molecule has 1 aromatic carbocycles. The molecule has 0 heterocycles. The van der Waals surface area contributed by atoms with E-state index in [0.717, 1.165) is 11.4 Å². The Kier molecular flexibility index (Phi) is 6.52. The second-order valence-electron chi connectivity index (χ2n) is 5.20. The van der Waals surface area contributed by atoms with Crippen molar-refractivity contribution < 1.29 is 14.7 Å². The van der Waals surface area contributed by atoms with E-state index in [0.29, 0.717) is 19.4 Å². The molecule has 3 N–H and O–H groups in total. The molecule has 0 aliphatic rings. The number of carboxylic acids is 1. The number of anilines is 2. The number of rotatable bonds is 7. The molecule has 6 nitrogen and oxygen atoms in total. The first-order valence-corrected chi connectivity index (χ1v) is 6.95. The highest BCUT2D eigenvalue weighted by molar-refractivity contribution is 5.89. The molecule has 2 amide bonds. The van der Waals surface area contributed by atoms with Gasteiger partial charge in [-0.2, -0.15) is 0 Å². The molecule has 6 heteroatoms. The summed E-state index contributed by atoms with van der Waals surface area (Å²) >= 11 is 0. The molecule has 1 aromatic rings. The van der Waals surface area contributed by atoms with Crippen molar-refractivity contribution >= 4 is 23.4 Å². The molecular weight excluding hydrogens is 270 g/mol. The molecule has 116 valence electrons. The summed E-state index contributed by atoms with van der Waals surface area (Å²) in [6, 6.07) is 7.23. The van der Waals surface area contributed by atoms with Gasteiger partial charge in [0, 0.05) is 32.0 Å². The molecule has 1 atom stereocenters. The van der Waals surface area contributed by atoms with Crippen molar-refractivity contribution in [2.24, 2.45) is 5.92 Å². The van der Waals surface area contributed by atoms with Crippen molar-refractivity contribution in [2.75, 3.05) is 30.9 Å². The number of benzene rings is 1. The van der Waals surface area contributed by atoms with E-state index in [1.54, 1.807) is 6.92 Å². The third-order valence-corrected chi connectivity index (χ3v) is 3.16. The number of hydrogen-bond donors (Lipinski definition) is 3. The van der Waals surface area contributed by atoms with Crippen LogP contribution in [0, 0.1) is 5.92 Å². The lowest BCUT2D eigenvalue weighted by atomic mass is 10.1. The van der Waals surface area contributed by atoms with Crippen LogP contribution in [-0.4, -0.2) is 37.7 Å². The van der Waals surface area contributed by atoms with Crippen molar-refractivity contribution in [3.63, 3.8) is 0 Å². The Morgan fingerprint density at radius 2 is 1.86 bits per heavy atom. The lowest BCUT2D eigenvalue weighted by Gasteiger charge is -2.13. The fourth-order valence-electron chi connectivity index (χ4n) is 1.75. The van der Waals surface area contributed by atoms with Crippen LogP contribution in [0.5, 0.6) is 0 Å². The monoisotopic (exact) mass is 293 g/mol. The number of nitrogens with one attached hydrogen (secondary N) is 2. The van der Waals surface area contributed by atoms with E-state index < -0.39 is 5.97 Å². The molecule has 21 heavy (non-hydrogen) atoms. The zero-order valence-electron chi connectivity index (χ0n) is 12.7. The molecule has 1 unspecified atom stereocenters. The van der Waals surface area contributed by atoms with Gasteiger partial charge >= 0.3 is 12.0 Å². The molecule has 1 rings (SSSR count). The van der Waals surface area contributed by atoms with E-state index in [4.69, 9.17) is 5.11 Å². The van der Waals surface area contributed by atoms with Crippen LogP contribution >= 0.6 is 0 Å². The molecule has 0 spiro atoms. The van der Waals surface area contributed by atoms with Crippen LogP contribution in [0.25, 0.3) is 0 Å². The molecule has 0 aliphatic heterocycles. The number of carboxylic acid groups (broad SMARTS) is 1. The molecule has 0 saturated carbocycles. The SMILES string of the molecule is CC(CCCNC(=O)Nc1ccc(N(C)C)cc1)C(=O)O. The average Bonchev–Trinajstić information content (AvgIpc) is 2.43. The highest BCUT2D eigenvalue weighted by atomic mass is 16.4. The first-order valence-electron chi connectivity index (χ1n) is 6.95. The largest absolute Gasteiger partial charge is 0.481 e. The van der Waals surface area contributed by atoms with Gasteiger partial charge in [0.2, 0.25) is 0 Å². The maximum Gasteiger partial charge on any atom is 0.319 e. The summed E-state index contributed by atoms with van der Waals surface area (Å²) in [5.74, 6) is -1.19. The van der Waals surface area contributed by atoms with Crippen LogP contribution in [0.15, 0.2) is 24.3 Å². The fourth-order valence-corrected chi connectivity index (χ4v) is 1.75. The number of urea groups is 1. The summed E-state index contributed by atoms with van der Waals surface area (Å²) in [4.78, 5) is 24.3. The van der Waals surface area contributed by atoms with E-state index in [9.17, 15) is 9.59 Å². The van der Waals surface area contributed by atoms with Gasteiger partial charge in [0.25, 0.3) is 0 Å². The van der Waals surface area contributed by atoms with Crippen LogP contribution in [0.2, 0.25) is 0 Å². The van der Waals surface area contributed by atoms with Crippen LogP contribution in [0.3, 0.4) is 0 Å². The predicted molar refractivity (Wildman–Crippen MR) is 83.8 cm³/mol. The summed E-state index contributed by atoms with van der Waals surface area (Å²) in [5, 5.41) is 14.2. The van der Waals surface area contributed by atoms with Gasteiger partial charge in [0.05, 0.1) is 5.92 Å².